The van der Waals surface area contributed by atoms with E-state index in [0.717, 1.165) is 36.2 Å². The third-order valence-corrected chi connectivity index (χ3v) is 7.97. The Morgan fingerprint density at radius 2 is 2.19 bits per heavy atom. The molecule has 3 aromatic rings. The molecule has 1 unspecified atom stereocenters. The van der Waals surface area contributed by atoms with Crippen molar-refractivity contribution < 1.29 is 19.0 Å². The molecule has 1 N–H and O–H groups in total. The van der Waals surface area contributed by atoms with Crippen molar-refractivity contribution >= 4 is 61.3 Å². The first kappa shape index (κ1) is 22.2. The molecule has 0 aliphatic carbocycles. The highest BCUT2D eigenvalue weighted by molar-refractivity contribution is 9.10. The second-order valence-electron chi connectivity index (χ2n) is 7.07. The second-order valence-corrected chi connectivity index (χ2v) is 10.4. The molecule has 3 heterocycles. The van der Waals surface area contributed by atoms with Crippen molar-refractivity contribution in [1.82, 2.24) is 15.0 Å². The van der Waals surface area contributed by atoms with Gasteiger partial charge in [0.2, 0.25) is 0 Å². The SMILES string of the molecule is CCC(Sc1nc2ncc(N3CCC(Oc4cc(F)ccc4Br)CC3)nc2s1)C(=O)O. The fraction of sp³-hybridized carbons (Fsp3) is 0.400. The van der Waals surface area contributed by atoms with Crippen LogP contribution in [-0.2, 0) is 4.79 Å². The van der Waals surface area contributed by atoms with Crippen LogP contribution in [0.4, 0.5) is 10.2 Å². The Morgan fingerprint density at radius 3 is 2.90 bits per heavy atom. The minimum absolute atomic E-state index is 0.000515. The molecule has 164 valence electrons. The number of hydrogen-bond donors (Lipinski definition) is 1. The molecule has 0 spiro atoms. The van der Waals surface area contributed by atoms with E-state index in [0.29, 0.717) is 27.0 Å². The maximum absolute atomic E-state index is 13.5. The largest absolute Gasteiger partial charge is 0.489 e. The molecule has 1 aliphatic rings. The molecular formula is C20H20BrFN4O3S2. The summed E-state index contributed by atoms with van der Waals surface area (Å²) in [5.74, 6) is 0.114. The summed E-state index contributed by atoms with van der Waals surface area (Å²) in [7, 11) is 0. The Kier molecular flexibility index (Phi) is 6.92. The number of fused-ring (bicyclic) bond motifs is 1. The lowest BCUT2D eigenvalue weighted by Crippen LogP contribution is -2.38. The van der Waals surface area contributed by atoms with Crippen molar-refractivity contribution in [3.63, 3.8) is 0 Å². The molecule has 0 amide bonds. The molecule has 31 heavy (non-hydrogen) atoms. The number of carboxylic acid groups (broad SMARTS) is 1. The Labute approximate surface area is 195 Å². The van der Waals surface area contributed by atoms with Gasteiger partial charge in [0.1, 0.15) is 28.7 Å². The van der Waals surface area contributed by atoms with Crippen LogP contribution in [0.25, 0.3) is 10.5 Å². The normalized spacial score (nSPS) is 15.9. The summed E-state index contributed by atoms with van der Waals surface area (Å²) < 4.78 is 20.9. The number of carboxylic acids is 1. The highest BCUT2D eigenvalue weighted by atomic mass is 79.9. The molecular weight excluding hydrogens is 507 g/mol. The van der Waals surface area contributed by atoms with Gasteiger partial charge in [0.25, 0.3) is 0 Å². The molecule has 4 rings (SSSR count). The number of anilines is 1. The van der Waals surface area contributed by atoms with Gasteiger partial charge in [-0.05, 0) is 34.5 Å². The van der Waals surface area contributed by atoms with Crippen molar-refractivity contribution in [1.29, 1.82) is 0 Å². The van der Waals surface area contributed by atoms with E-state index in [4.69, 9.17) is 9.72 Å². The van der Waals surface area contributed by atoms with Crippen LogP contribution >= 0.6 is 39.0 Å². The highest BCUT2D eigenvalue weighted by Crippen LogP contribution is 2.33. The molecule has 1 saturated heterocycles. The molecule has 7 nitrogen and oxygen atoms in total. The summed E-state index contributed by atoms with van der Waals surface area (Å²) in [5, 5.41) is 8.72. The minimum atomic E-state index is -0.844. The van der Waals surface area contributed by atoms with Crippen LogP contribution in [-0.4, -0.2) is 50.5 Å². The predicted octanol–water partition coefficient (Wildman–Crippen LogP) is 4.99. The fourth-order valence-electron chi connectivity index (χ4n) is 3.28. The van der Waals surface area contributed by atoms with Gasteiger partial charge in [-0.25, -0.2) is 19.3 Å². The van der Waals surface area contributed by atoms with Crippen LogP contribution < -0.4 is 9.64 Å². The quantitative estimate of drug-likeness (QED) is 0.430. The van der Waals surface area contributed by atoms with Gasteiger partial charge in [-0.15, -0.1) is 0 Å². The highest BCUT2D eigenvalue weighted by Gasteiger charge is 2.24. The number of nitrogens with zero attached hydrogens (tertiary/aromatic N) is 4. The first-order valence-electron chi connectivity index (χ1n) is 9.82. The summed E-state index contributed by atoms with van der Waals surface area (Å²) in [6, 6.07) is 4.43. The molecule has 1 fully saturated rings. The number of halogens is 2. The van der Waals surface area contributed by atoms with Crippen LogP contribution in [0, 0.1) is 5.82 Å². The molecule has 11 heteroatoms. The first-order valence-corrected chi connectivity index (χ1v) is 12.3. The Morgan fingerprint density at radius 1 is 1.42 bits per heavy atom. The number of piperidine rings is 1. The lowest BCUT2D eigenvalue weighted by molar-refractivity contribution is -0.136. The van der Waals surface area contributed by atoms with Crippen LogP contribution in [0.2, 0.25) is 0 Å². The van der Waals surface area contributed by atoms with E-state index in [9.17, 15) is 14.3 Å². The number of benzene rings is 1. The monoisotopic (exact) mass is 526 g/mol. The number of rotatable bonds is 7. The molecule has 1 atom stereocenters. The number of thioether (sulfide) groups is 1. The van der Waals surface area contributed by atoms with Crippen LogP contribution in [0.3, 0.4) is 0 Å². The van der Waals surface area contributed by atoms with Gasteiger partial charge in [0, 0.05) is 32.0 Å². The van der Waals surface area contributed by atoms with Gasteiger partial charge < -0.3 is 14.7 Å². The molecule has 0 saturated carbocycles. The Hall–Kier alpha value is -1.98. The molecule has 1 aromatic carbocycles. The number of carbonyl (C=O) groups is 1. The van der Waals surface area contributed by atoms with Crippen molar-refractivity contribution in [3.05, 3.63) is 34.7 Å². The van der Waals surface area contributed by atoms with Crippen molar-refractivity contribution in [2.45, 2.75) is 41.9 Å². The van der Waals surface area contributed by atoms with E-state index in [1.165, 1.54) is 35.2 Å². The second kappa shape index (κ2) is 9.66. The number of aliphatic carboxylic acids is 1. The fourth-order valence-corrected chi connectivity index (χ4v) is 5.67. The van der Waals surface area contributed by atoms with Crippen molar-refractivity contribution in [2.75, 3.05) is 18.0 Å². The van der Waals surface area contributed by atoms with Gasteiger partial charge in [-0.1, -0.05) is 30.0 Å². The van der Waals surface area contributed by atoms with Crippen molar-refractivity contribution in [2.24, 2.45) is 0 Å². The summed E-state index contributed by atoms with van der Waals surface area (Å²) in [5.41, 5.74) is 0.533. The lowest BCUT2D eigenvalue weighted by Gasteiger charge is -2.32. The van der Waals surface area contributed by atoms with Gasteiger partial charge >= 0.3 is 5.97 Å². The number of ether oxygens (including phenoxy) is 1. The number of thiazole rings is 1. The predicted molar refractivity (Wildman–Crippen MR) is 123 cm³/mol. The molecule has 2 aromatic heterocycles. The summed E-state index contributed by atoms with van der Waals surface area (Å²) in [6.45, 7) is 3.33. The lowest BCUT2D eigenvalue weighted by atomic mass is 10.1. The van der Waals surface area contributed by atoms with E-state index in [-0.39, 0.29) is 11.9 Å². The zero-order valence-corrected chi connectivity index (χ0v) is 19.8. The van der Waals surface area contributed by atoms with Crippen LogP contribution in [0.1, 0.15) is 26.2 Å². The van der Waals surface area contributed by atoms with Gasteiger partial charge in [-0.2, -0.15) is 0 Å². The molecule has 0 radical (unpaired) electrons. The molecule has 0 bridgehead atoms. The summed E-state index contributed by atoms with van der Waals surface area (Å²) in [4.78, 5) is 27.6. The van der Waals surface area contributed by atoms with Gasteiger partial charge in [0.15, 0.2) is 14.8 Å². The number of aromatic nitrogens is 3. The van der Waals surface area contributed by atoms with E-state index in [2.05, 4.69) is 30.8 Å². The third-order valence-electron chi connectivity index (χ3n) is 4.93. The van der Waals surface area contributed by atoms with Gasteiger partial charge in [-0.3, -0.25) is 4.79 Å². The van der Waals surface area contributed by atoms with Gasteiger partial charge in [0.05, 0.1) is 10.7 Å². The van der Waals surface area contributed by atoms with E-state index >= 15 is 0 Å². The average molecular weight is 527 g/mol. The van der Waals surface area contributed by atoms with Crippen molar-refractivity contribution in [3.8, 4) is 5.75 Å². The zero-order chi connectivity index (χ0) is 22.0. The standard InChI is InChI=1S/C20H20BrFN4O3S2/c1-2-15(19(27)28)30-20-25-17-18(31-20)24-16(10-23-17)26-7-5-12(6-8-26)29-14-9-11(22)3-4-13(14)21/h3-4,9-10,12,15H,2,5-8H2,1H3,(H,27,28). The minimum Gasteiger partial charge on any atom is -0.489 e. The number of hydrogen-bond acceptors (Lipinski definition) is 8. The Balaban J connectivity index is 1.40. The maximum Gasteiger partial charge on any atom is 0.317 e. The Bertz CT molecular complexity index is 1090. The first-order chi connectivity index (χ1) is 14.9. The van der Waals surface area contributed by atoms with E-state index < -0.39 is 11.2 Å². The van der Waals surface area contributed by atoms with E-state index in [1.54, 1.807) is 12.3 Å². The van der Waals surface area contributed by atoms with E-state index in [1.807, 2.05) is 6.92 Å². The van der Waals surface area contributed by atoms with Crippen LogP contribution in [0.5, 0.6) is 5.75 Å². The topological polar surface area (TPSA) is 88.4 Å². The summed E-state index contributed by atoms with van der Waals surface area (Å²) >= 11 is 6.00. The third kappa shape index (κ3) is 5.27. The average Bonchev–Trinajstić information content (AvgIpc) is 3.16. The zero-order valence-electron chi connectivity index (χ0n) is 16.6. The van der Waals surface area contributed by atoms with Crippen LogP contribution in [0.15, 0.2) is 33.2 Å². The molecule has 1 aliphatic heterocycles. The smallest absolute Gasteiger partial charge is 0.317 e. The summed E-state index contributed by atoms with van der Waals surface area (Å²) in [6.07, 6.45) is 3.78. The maximum atomic E-state index is 13.5.